The van der Waals surface area contributed by atoms with Crippen LogP contribution in [0, 0.1) is 24.0 Å². The summed E-state index contributed by atoms with van der Waals surface area (Å²) in [4.78, 5) is 10.2. The number of nitro groups is 1. The number of benzene rings is 1. The van der Waals surface area contributed by atoms with Gasteiger partial charge in [-0.05, 0) is 43.9 Å². The highest BCUT2D eigenvalue weighted by Crippen LogP contribution is 2.32. The summed E-state index contributed by atoms with van der Waals surface area (Å²) >= 11 is 0. The highest BCUT2D eigenvalue weighted by Gasteiger charge is 2.37. The molecule has 0 spiro atoms. The first-order valence-electron chi connectivity index (χ1n) is 6.28. The van der Waals surface area contributed by atoms with Crippen molar-refractivity contribution in [3.8, 4) is 0 Å². The summed E-state index contributed by atoms with van der Waals surface area (Å²) in [6.45, 7) is 3.73. The standard InChI is InChI=1S/C12H17N3O4S/c1-8-6-10(15(16)17)11(7-9(8)2)20(18,19)14-5-3-4-12(14)13/h6-7,12H,3-5,13H2,1-2H3. The smallest absolute Gasteiger partial charge is 0.289 e. The lowest BCUT2D eigenvalue weighted by atomic mass is 10.1. The van der Waals surface area contributed by atoms with Crippen LogP contribution >= 0.6 is 0 Å². The molecule has 1 aliphatic heterocycles. The second-order valence-corrected chi connectivity index (χ2v) is 6.85. The number of nitro benzene ring substituents is 1. The Morgan fingerprint density at radius 1 is 1.35 bits per heavy atom. The first-order chi connectivity index (χ1) is 9.25. The fourth-order valence-corrected chi connectivity index (χ4v) is 4.12. The molecular formula is C12H17N3O4S. The zero-order valence-corrected chi connectivity index (χ0v) is 12.2. The highest BCUT2D eigenvalue weighted by molar-refractivity contribution is 7.89. The van der Waals surface area contributed by atoms with E-state index in [9.17, 15) is 18.5 Å². The molecule has 0 aromatic heterocycles. The minimum atomic E-state index is -3.94. The van der Waals surface area contributed by atoms with Crippen molar-refractivity contribution < 1.29 is 13.3 Å². The van der Waals surface area contributed by atoms with Gasteiger partial charge in [0.15, 0.2) is 4.90 Å². The molecule has 1 fully saturated rings. The van der Waals surface area contributed by atoms with E-state index in [0.717, 1.165) is 4.31 Å². The first kappa shape index (κ1) is 14.9. The summed E-state index contributed by atoms with van der Waals surface area (Å²) in [5.41, 5.74) is 6.76. The van der Waals surface area contributed by atoms with E-state index in [-0.39, 0.29) is 4.90 Å². The molecular weight excluding hydrogens is 282 g/mol. The monoisotopic (exact) mass is 299 g/mol. The van der Waals surface area contributed by atoms with Crippen molar-refractivity contribution in [1.29, 1.82) is 0 Å². The summed E-state index contributed by atoms with van der Waals surface area (Å²) in [5, 5.41) is 11.1. The lowest BCUT2D eigenvalue weighted by Gasteiger charge is -2.21. The molecule has 20 heavy (non-hydrogen) atoms. The lowest BCUT2D eigenvalue weighted by Crippen LogP contribution is -2.41. The van der Waals surface area contributed by atoms with Crippen LogP contribution in [0.1, 0.15) is 24.0 Å². The molecule has 1 aromatic rings. The van der Waals surface area contributed by atoms with E-state index in [1.807, 2.05) is 0 Å². The molecule has 0 aliphatic carbocycles. The number of hydrogen-bond acceptors (Lipinski definition) is 5. The Hall–Kier alpha value is -1.51. The van der Waals surface area contributed by atoms with E-state index in [1.165, 1.54) is 12.1 Å². The fourth-order valence-electron chi connectivity index (χ4n) is 2.31. The van der Waals surface area contributed by atoms with Crippen LogP contribution in [-0.2, 0) is 10.0 Å². The molecule has 1 atom stereocenters. The topological polar surface area (TPSA) is 107 Å². The average Bonchev–Trinajstić information content (AvgIpc) is 2.78. The molecule has 8 heteroatoms. The van der Waals surface area contributed by atoms with E-state index >= 15 is 0 Å². The van der Waals surface area contributed by atoms with Crippen molar-refractivity contribution in [2.75, 3.05) is 6.54 Å². The van der Waals surface area contributed by atoms with E-state index in [2.05, 4.69) is 0 Å². The molecule has 1 aromatic carbocycles. The molecule has 7 nitrogen and oxygen atoms in total. The van der Waals surface area contributed by atoms with Gasteiger partial charge in [-0.1, -0.05) is 0 Å². The van der Waals surface area contributed by atoms with Gasteiger partial charge in [0.2, 0.25) is 0 Å². The molecule has 1 heterocycles. The van der Waals surface area contributed by atoms with Crippen LogP contribution in [0.25, 0.3) is 0 Å². The van der Waals surface area contributed by atoms with Crippen LogP contribution in [0.5, 0.6) is 0 Å². The van der Waals surface area contributed by atoms with Gasteiger partial charge >= 0.3 is 0 Å². The van der Waals surface area contributed by atoms with Gasteiger partial charge in [0, 0.05) is 12.6 Å². The lowest BCUT2D eigenvalue weighted by molar-refractivity contribution is -0.387. The molecule has 2 N–H and O–H groups in total. The van der Waals surface area contributed by atoms with Crippen molar-refractivity contribution in [2.45, 2.75) is 37.8 Å². The summed E-state index contributed by atoms with van der Waals surface area (Å²) in [6.07, 6.45) is 0.623. The average molecular weight is 299 g/mol. The quantitative estimate of drug-likeness (QED) is 0.668. The minimum absolute atomic E-state index is 0.275. The largest absolute Gasteiger partial charge is 0.315 e. The Morgan fingerprint density at radius 3 is 2.45 bits per heavy atom. The highest BCUT2D eigenvalue weighted by atomic mass is 32.2. The summed E-state index contributed by atoms with van der Waals surface area (Å²) in [5.74, 6) is 0. The van der Waals surface area contributed by atoms with Gasteiger partial charge in [0.25, 0.3) is 15.7 Å². The summed E-state index contributed by atoms with van der Waals surface area (Å²) in [7, 11) is -3.94. The van der Waals surface area contributed by atoms with Gasteiger partial charge in [-0.3, -0.25) is 10.1 Å². The Bertz CT molecular complexity index is 657. The number of hydrogen-bond donors (Lipinski definition) is 1. The Morgan fingerprint density at radius 2 is 1.95 bits per heavy atom. The van der Waals surface area contributed by atoms with Crippen molar-refractivity contribution in [3.63, 3.8) is 0 Å². The van der Waals surface area contributed by atoms with Crippen LogP contribution in [0.4, 0.5) is 5.69 Å². The first-order valence-corrected chi connectivity index (χ1v) is 7.72. The van der Waals surface area contributed by atoms with Crippen LogP contribution < -0.4 is 5.73 Å². The molecule has 0 saturated carbocycles. The molecule has 110 valence electrons. The molecule has 1 aliphatic rings. The van der Waals surface area contributed by atoms with E-state index < -0.39 is 26.8 Å². The minimum Gasteiger partial charge on any atom is -0.315 e. The van der Waals surface area contributed by atoms with Crippen LogP contribution in [0.3, 0.4) is 0 Å². The van der Waals surface area contributed by atoms with Crippen molar-refractivity contribution in [3.05, 3.63) is 33.4 Å². The predicted octanol–water partition coefficient (Wildman–Crippen LogP) is 1.28. The predicted molar refractivity (Wildman–Crippen MR) is 73.7 cm³/mol. The Balaban J connectivity index is 2.62. The number of nitrogens with two attached hydrogens (primary N) is 1. The summed E-state index contributed by atoms with van der Waals surface area (Å²) in [6, 6.07) is 2.65. The normalized spacial score (nSPS) is 20.2. The van der Waals surface area contributed by atoms with Crippen LogP contribution in [0.15, 0.2) is 17.0 Å². The Kier molecular flexibility index (Phi) is 3.81. The number of sulfonamides is 1. The van der Waals surface area contributed by atoms with Crippen molar-refractivity contribution in [2.24, 2.45) is 5.73 Å². The van der Waals surface area contributed by atoms with Gasteiger partial charge in [-0.25, -0.2) is 8.42 Å². The third kappa shape index (κ3) is 2.41. The third-order valence-electron chi connectivity index (χ3n) is 3.61. The van der Waals surface area contributed by atoms with Crippen LogP contribution in [-0.4, -0.2) is 30.4 Å². The zero-order chi connectivity index (χ0) is 15.1. The van der Waals surface area contributed by atoms with E-state index in [1.54, 1.807) is 13.8 Å². The van der Waals surface area contributed by atoms with Gasteiger partial charge in [0.1, 0.15) is 0 Å². The SMILES string of the molecule is Cc1cc([N+](=O)[O-])c(S(=O)(=O)N2CCCC2N)cc1C. The second-order valence-electron chi connectivity index (χ2n) is 4.99. The third-order valence-corrected chi connectivity index (χ3v) is 5.56. The maximum atomic E-state index is 12.6. The van der Waals surface area contributed by atoms with E-state index in [0.29, 0.717) is 30.5 Å². The van der Waals surface area contributed by atoms with Crippen molar-refractivity contribution in [1.82, 2.24) is 4.31 Å². The fraction of sp³-hybridized carbons (Fsp3) is 0.500. The number of aryl methyl sites for hydroxylation is 2. The Labute approximate surface area is 117 Å². The summed E-state index contributed by atoms with van der Waals surface area (Å²) < 4.78 is 26.3. The molecule has 0 amide bonds. The van der Waals surface area contributed by atoms with Crippen LogP contribution in [0.2, 0.25) is 0 Å². The number of nitrogens with zero attached hydrogens (tertiary/aromatic N) is 2. The van der Waals surface area contributed by atoms with Gasteiger partial charge in [-0.2, -0.15) is 4.31 Å². The molecule has 2 rings (SSSR count). The van der Waals surface area contributed by atoms with Crippen molar-refractivity contribution >= 4 is 15.7 Å². The molecule has 0 bridgehead atoms. The second kappa shape index (κ2) is 5.12. The number of rotatable bonds is 3. The zero-order valence-electron chi connectivity index (χ0n) is 11.4. The molecule has 1 saturated heterocycles. The van der Waals surface area contributed by atoms with E-state index in [4.69, 9.17) is 5.73 Å². The van der Waals surface area contributed by atoms with Gasteiger partial charge in [0.05, 0.1) is 11.1 Å². The molecule has 0 radical (unpaired) electrons. The maximum absolute atomic E-state index is 12.6. The molecule has 1 unspecified atom stereocenters. The van der Waals surface area contributed by atoms with Gasteiger partial charge in [-0.15, -0.1) is 0 Å². The maximum Gasteiger partial charge on any atom is 0.289 e. The van der Waals surface area contributed by atoms with Gasteiger partial charge < -0.3 is 5.73 Å².